The Morgan fingerprint density at radius 3 is 1.69 bits per heavy atom. The summed E-state index contributed by atoms with van der Waals surface area (Å²) in [4.78, 5) is 0. The van der Waals surface area contributed by atoms with Crippen LogP contribution in [0.4, 0.5) is 0 Å². The van der Waals surface area contributed by atoms with Crippen molar-refractivity contribution in [2.75, 3.05) is 0 Å². The molecule has 0 saturated carbocycles. The summed E-state index contributed by atoms with van der Waals surface area (Å²) in [7, 11) is 0. The van der Waals surface area contributed by atoms with E-state index in [-0.39, 0.29) is 51.3 Å². The zero-order valence-corrected chi connectivity index (χ0v) is 27.1. The first-order valence-electron chi connectivity index (χ1n) is 20.9. The van der Waals surface area contributed by atoms with Crippen molar-refractivity contribution in [3.05, 3.63) is 182 Å². The van der Waals surface area contributed by atoms with Crippen molar-refractivity contribution in [2.45, 2.75) is 0 Å². The average Bonchev–Trinajstić information content (AvgIpc) is 3.67. The number of rotatable bonds is 3. The van der Waals surface area contributed by atoms with Gasteiger partial charge in [-0.05, 0) is 106 Å². The molecule has 0 N–H and O–H groups in total. The first-order valence-corrected chi connectivity index (χ1v) is 16.9. The van der Waals surface area contributed by atoms with Gasteiger partial charge in [-0.1, -0.05) is 158 Å². The van der Waals surface area contributed by atoms with Crippen molar-refractivity contribution in [1.29, 1.82) is 0 Å². The van der Waals surface area contributed by atoms with Crippen molar-refractivity contribution in [2.24, 2.45) is 0 Å². The van der Waals surface area contributed by atoms with Crippen molar-refractivity contribution in [3.8, 4) is 33.4 Å². The van der Waals surface area contributed by atoms with Crippen LogP contribution in [0.5, 0.6) is 0 Å². The molecule has 0 radical (unpaired) electrons. The standard InChI is InChI=1S/C50H30O/c1-2-14-32-29-34(26-25-31(32)13-1)47-38-19-7-9-21-40(38)48(41-22-10-8-20-39(41)47)44-28-27-42(50-49(44)43-23-11-12-24-46(43)51-50)45-30-33-15-3-4-16-35(33)36-17-5-6-18-37(36)45/h1-30H/i7D,8D,9D,10D,19D,20D,21D,22D. The van der Waals surface area contributed by atoms with Crippen LogP contribution in [-0.2, 0) is 0 Å². The molecule has 11 rings (SSSR count). The summed E-state index contributed by atoms with van der Waals surface area (Å²) in [5, 5.41) is 8.20. The Bertz CT molecular complexity index is 3580. The van der Waals surface area contributed by atoms with Crippen LogP contribution in [0, 0.1) is 0 Å². The van der Waals surface area contributed by atoms with E-state index in [1.54, 1.807) is 0 Å². The van der Waals surface area contributed by atoms with Gasteiger partial charge in [-0.25, -0.2) is 0 Å². The highest BCUT2D eigenvalue weighted by molar-refractivity contribution is 6.27. The molecule has 0 aliphatic carbocycles. The molecule has 0 amide bonds. The fraction of sp³-hybridized carbons (Fsp3) is 0. The van der Waals surface area contributed by atoms with Crippen LogP contribution in [0.2, 0.25) is 0 Å². The molecule has 0 spiro atoms. The minimum atomic E-state index is -0.444. The fourth-order valence-corrected chi connectivity index (χ4v) is 8.05. The van der Waals surface area contributed by atoms with Crippen molar-refractivity contribution < 1.29 is 15.4 Å². The van der Waals surface area contributed by atoms with Gasteiger partial charge in [0, 0.05) is 16.3 Å². The van der Waals surface area contributed by atoms with Gasteiger partial charge < -0.3 is 4.42 Å². The van der Waals surface area contributed by atoms with E-state index in [4.69, 9.17) is 9.90 Å². The minimum Gasteiger partial charge on any atom is -0.455 e. The maximum atomic E-state index is 9.57. The van der Waals surface area contributed by atoms with Gasteiger partial charge in [0.25, 0.3) is 0 Å². The maximum Gasteiger partial charge on any atom is 0.143 e. The highest BCUT2D eigenvalue weighted by Crippen LogP contribution is 2.49. The van der Waals surface area contributed by atoms with Crippen molar-refractivity contribution in [3.63, 3.8) is 0 Å². The maximum absolute atomic E-state index is 9.57. The van der Waals surface area contributed by atoms with Gasteiger partial charge in [0.1, 0.15) is 11.2 Å². The van der Waals surface area contributed by atoms with E-state index < -0.39 is 24.2 Å². The summed E-state index contributed by atoms with van der Waals surface area (Å²) in [5.74, 6) is 0. The normalized spacial score (nSPS) is 14.1. The molecule has 1 heteroatoms. The van der Waals surface area contributed by atoms with E-state index in [1.165, 1.54) is 0 Å². The fourth-order valence-electron chi connectivity index (χ4n) is 8.05. The largest absolute Gasteiger partial charge is 0.455 e. The number of fused-ring (bicyclic) bond motifs is 9. The number of benzene rings is 10. The first-order chi connectivity index (χ1) is 28.6. The molecule has 1 heterocycles. The van der Waals surface area contributed by atoms with Crippen molar-refractivity contribution in [1.82, 2.24) is 0 Å². The Kier molecular flexibility index (Phi) is 4.57. The molecule has 51 heavy (non-hydrogen) atoms. The zero-order valence-electron chi connectivity index (χ0n) is 35.1. The molecule has 11 aromatic rings. The lowest BCUT2D eigenvalue weighted by Crippen LogP contribution is -1.92. The van der Waals surface area contributed by atoms with E-state index in [0.717, 1.165) is 48.8 Å². The van der Waals surface area contributed by atoms with E-state index in [0.29, 0.717) is 33.2 Å². The molecule has 1 nitrogen and oxygen atoms in total. The molecule has 236 valence electrons. The van der Waals surface area contributed by atoms with Gasteiger partial charge in [-0.15, -0.1) is 0 Å². The van der Waals surface area contributed by atoms with Crippen LogP contribution < -0.4 is 0 Å². The number of hydrogen-bond acceptors (Lipinski definition) is 1. The van der Waals surface area contributed by atoms with E-state index in [9.17, 15) is 5.48 Å². The molecule has 0 aliphatic rings. The van der Waals surface area contributed by atoms with Gasteiger partial charge in [0.2, 0.25) is 0 Å². The highest BCUT2D eigenvalue weighted by atomic mass is 16.3. The zero-order chi connectivity index (χ0) is 40.4. The second-order valence-corrected chi connectivity index (χ2v) is 13.0. The summed E-state index contributed by atoms with van der Waals surface area (Å²) in [6.45, 7) is 0. The van der Waals surface area contributed by atoms with Crippen LogP contribution in [0.3, 0.4) is 0 Å². The van der Waals surface area contributed by atoms with Crippen LogP contribution >= 0.6 is 0 Å². The molecule has 0 atom stereocenters. The molecule has 10 aromatic carbocycles. The van der Waals surface area contributed by atoms with Crippen LogP contribution in [-0.4, -0.2) is 0 Å². The van der Waals surface area contributed by atoms with Gasteiger partial charge in [0.05, 0.1) is 11.0 Å². The first kappa shape index (κ1) is 21.4. The molecule has 0 saturated heterocycles. The second-order valence-electron chi connectivity index (χ2n) is 13.0. The summed E-state index contributed by atoms with van der Waals surface area (Å²) in [6.07, 6.45) is 0. The number of para-hydroxylation sites is 1. The monoisotopic (exact) mass is 654 g/mol. The summed E-state index contributed by atoms with van der Waals surface area (Å²) < 4.78 is 80.7. The van der Waals surface area contributed by atoms with Crippen LogP contribution in [0.25, 0.3) is 109 Å². The van der Waals surface area contributed by atoms with E-state index in [1.807, 2.05) is 103 Å². The Labute approximate surface area is 305 Å². The van der Waals surface area contributed by atoms with Crippen molar-refractivity contribution >= 4 is 75.8 Å². The Morgan fingerprint density at radius 1 is 0.373 bits per heavy atom. The quantitative estimate of drug-likeness (QED) is 0.136. The summed E-state index contributed by atoms with van der Waals surface area (Å²) >= 11 is 0. The van der Waals surface area contributed by atoms with Gasteiger partial charge >= 0.3 is 0 Å². The molecular formula is C50H30O. The smallest absolute Gasteiger partial charge is 0.143 e. The van der Waals surface area contributed by atoms with Gasteiger partial charge in [-0.2, -0.15) is 0 Å². The molecule has 0 fully saturated rings. The Hall–Kier alpha value is -6.70. The molecule has 0 bridgehead atoms. The van der Waals surface area contributed by atoms with E-state index >= 15 is 0 Å². The lowest BCUT2D eigenvalue weighted by atomic mass is 9.83. The topological polar surface area (TPSA) is 13.1 Å². The third-order valence-corrected chi connectivity index (χ3v) is 10.3. The third-order valence-electron chi connectivity index (χ3n) is 10.3. The summed E-state index contributed by atoms with van der Waals surface area (Å²) in [5.41, 5.74) is 4.59. The predicted octanol–water partition coefficient (Wildman–Crippen LogP) is 14.4. The van der Waals surface area contributed by atoms with Crippen LogP contribution in [0.15, 0.2) is 186 Å². The third kappa shape index (κ3) is 4.16. The molecule has 0 unspecified atom stereocenters. The number of hydrogen-bond donors (Lipinski definition) is 0. The van der Waals surface area contributed by atoms with Gasteiger partial charge in [0.15, 0.2) is 0 Å². The van der Waals surface area contributed by atoms with Crippen LogP contribution in [0.1, 0.15) is 11.0 Å². The number of furan rings is 1. The molecule has 1 aromatic heterocycles. The highest BCUT2D eigenvalue weighted by Gasteiger charge is 2.23. The molecular weight excluding hydrogens is 617 g/mol. The average molecular weight is 655 g/mol. The Balaban J connectivity index is 1.37. The van der Waals surface area contributed by atoms with E-state index in [2.05, 4.69) is 30.3 Å². The predicted molar refractivity (Wildman–Crippen MR) is 218 cm³/mol. The lowest BCUT2D eigenvalue weighted by molar-refractivity contribution is 0.670. The Morgan fingerprint density at radius 2 is 0.941 bits per heavy atom. The lowest BCUT2D eigenvalue weighted by Gasteiger charge is -2.19. The second kappa shape index (κ2) is 10.9. The SMILES string of the molecule is [2H]c1c([2H])c([2H])c2c(-c3ccc(-c4cc5ccccc5c5ccccc45)c4oc5ccccc5c34)c3c([2H])c([2H])c([2H])c([2H])c3c(-c3ccc4ccccc4c3)c2c1[2H]. The molecule has 0 aliphatic heterocycles. The minimum absolute atomic E-state index is 0.159. The van der Waals surface area contributed by atoms with Gasteiger partial charge in [-0.3, -0.25) is 0 Å². The summed E-state index contributed by atoms with van der Waals surface area (Å²) in [6, 6.07) is 40.7.